The van der Waals surface area contributed by atoms with E-state index in [-0.39, 0.29) is 0 Å². The number of hydrogen-bond donors (Lipinski definition) is 2. The fourth-order valence-electron chi connectivity index (χ4n) is 3.11. The molecule has 1 atom stereocenters. The predicted molar refractivity (Wildman–Crippen MR) is 92.9 cm³/mol. The number of fused-ring (bicyclic) bond motifs is 1. The number of imidazole rings is 1. The molecule has 0 spiro atoms. The van der Waals surface area contributed by atoms with Crippen LogP contribution in [-0.2, 0) is 6.54 Å². The molecule has 0 bridgehead atoms. The maximum absolute atomic E-state index is 10.4. The van der Waals surface area contributed by atoms with Gasteiger partial charge in [0.05, 0.1) is 17.5 Å². The molecule has 2 heterocycles. The van der Waals surface area contributed by atoms with Crippen molar-refractivity contribution in [3.63, 3.8) is 0 Å². The zero-order chi connectivity index (χ0) is 15.8. The Morgan fingerprint density at radius 2 is 2.22 bits per heavy atom. The summed E-state index contributed by atoms with van der Waals surface area (Å²) in [4.78, 5) is 5.86. The number of aromatic nitrogens is 2. The van der Waals surface area contributed by atoms with Crippen molar-refractivity contribution in [1.29, 1.82) is 0 Å². The smallest absolute Gasteiger partial charge is 0.194 e. The Balaban J connectivity index is 1.46. The summed E-state index contributed by atoms with van der Waals surface area (Å²) in [6.07, 6.45) is 4.12. The van der Waals surface area contributed by atoms with Crippen LogP contribution in [0.15, 0.2) is 35.8 Å². The van der Waals surface area contributed by atoms with Gasteiger partial charge < -0.3 is 10.4 Å². The normalized spacial score (nSPS) is 16.1. The number of hydrogen-bond acceptors (Lipinski definition) is 4. The lowest BCUT2D eigenvalue weighted by Gasteiger charge is -2.14. The molecule has 1 aliphatic carbocycles. The molecule has 4 nitrogen and oxygen atoms in total. The Labute approximate surface area is 139 Å². The van der Waals surface area contributed by atoms with Gasteiger partial charge in [-0.1, -0.05) is 24.3 Å². The van der Waals surface area contributed by atoms with Crippen LogP contribution in [0.3, 0.4) is 0 Å². The molecule has 1 fully saturated rings. The molecule has 0 aliphatic heterocycles. The summed E-state index contributed by atoms with van der Waals surface area (Å²) >= 11 is 1.68. The van der Waals surface area contributed by atoms with Crippen LogP contribution in [0.5, 0.6) is 0 Å². The minimum Gasteiger partial charge on any atom is -0.387 e. The summed E-state index contributed by atoms with van der Waals surface area (Å²) in [6.45, 7) is 3.33. The van der Waals surface area contributed by atoms with Gasteiger partial charge in [-0.3, -0.25) is 4.40 Å². The Morgan fingerprint density at radius 3 is 3.00 bits per heavy atom. The molecule has 2 N–H and O–H groups in total. The number of rotatable bonds is 6. The van der Waals surface area contributed by atoms with Crippen LogP contribution in [0.25, 0.3) is 4.96 Å². The quantitative estimate of drug-likeness (QED) is 0.729. The van der Waals surface area contributed by atoms with Crippen molar-refractivity contribution in [2.24, 2.45) is 0 Å². The SMILES string of the molecule is Cc1ccccc1C(O)CNCc1c(C2CC2)nc2sccn12. The van der Waals surface area contributed by atoms with Crippen molar-refractivity contribution in [1.82, 2.24) is 14.7 Å². The molecule has 1 unspecified atom stereocenters. The number of aryl methyl sites for hydroxylation is 1. The molecular formula is C18H21N3OS. The van der Waals surface area contributed by atoms with Crippen molar-refractivity contribution >= 4 is 16.3 Å². The first kappa shape index (κ1) is 14.9. The van der Waals surface area contributed by atoms with Crippen LogP contribution in [0.2, 0.25) is 0 Å². The van der Waals surface area contributed by atoms with E-state index in [1.807, 2.05) is 31.2 Å². The molecule has 0 amide bonds. The topological polar surface area (TPSA) is 49.6 Å². The number of nitrogens with zero attached hydrogens (tertiary/aromatic N) is 2. The number of aliphatic hydroxyl groups is 1. The Kier molecular flexibility index (Phi) is 3.93. The zero-order valence-corrected chi connectivity index (χ0v) is 14.0. The Hall–Kier alpha value is -1.69. The van der Waals surface area contributed by atoms with E-state index < -0.39 is 6.10 Å². The summed E-state index contributed by atoms with van der Waals surface area (Å²) in [5.74, 6) is 0.639. The van der Waals surface area contributed by atoms with E-state index in [4.69, 9.17) is 4.98 Å². The maximum atomic E-state index is 10.4. The molecule has 5 heteroatoms. The van der Waals surface area contributed by atoms with Crippen LogP contribution in [-0.4, -0.2) is 21.0 Å². The minimum atomic E-state index is -0.480. The van der Waals surface area contributed by atoms with E-state index in [0.717, 1.165) is 22.6 Å². The van der Waals surface area contributed by atoms with Gasteiger partial charge in [0.2, 0.25) is 0 Å². The van der Waals surface area contributed by atoms with Crippen LogP contribution in [0, 0.1) is 6.92 Å². The summed E-state index contributed by atoms with van der Waals surface area (Å²) in [5.41, 5.74) is 4.62. The molecule has 0 saturated heterocycles. The van der Waals surface area contributed by atoms with Crippen molar-refractivity contribution < 1.29 is 5.11 Å². The fraction of sp³-hybridized carbons (Fsp3) is 0.389. The van der Waals surface area contributed by atoms with E-state index in [9.17, 15) is 5.11 Å². The second kappa shape index (κ2) is 6.07. The molecule has 23 heavy (non-hydrogen) atoms. The number of benzene rings is 1. The van der Waals surface area contributed by atoms with Crippen LogP contribution < -0.4 is 5.32 Å². The van der Waals surface area contributed by atoms with Gasteiger partial charge in [-0.15, -0.1) is 11.3 Å². The average Bonchev–Trinajstić information content (AvgIpc) is 3.19. The van der Waals surface area contributed by atoms with Crippen LogP contribution in [0.1, 0.15) is 47.4 Å². The lowest BCUT2D eigenvalue weighted by molar-refractivity contribution is 0.173. The monoisotopic (exact) mass is 327 g/mol. The highest BCUT2D eigenvalue weighted by atomic mass is 32.1. The average molecular weight is 327 g/mol. The summed E-state index contributed by atoms with van der Waals surface area (Å²) in [6, 6.07) is 8.01. The van der Waals surface area contributed by atoms with E-state index in [0.29, 0.717) is 12.5 Å². The summed E-state index contributed by atoms with van der Waals surface area (Å²) in [5, 5.41) is 15.9. The van der Waals surface area contributed by atoms with Gasteiger partial charge in [-0.05, 0) is 30.9 Å². The molecule has 3 aromatic rings. The van der Waals surface area contributed by atoms with Crippen molar-refractivity contribution in [3.05, 3.63) is 58.4 Å². The Morgan fingerprint density at radius 1 is 1.39 bits per heavy atom. The second-order valence-corrected chi connectivity index (χ2v) is 7.15. The molecule has 1 aliphatic rings. The van der Waals surface area contributed by atoms with E-state index >= 15 is 0 Å². The highest BCUT2D eigenvalue weighted by molar-refractivity contribution is 7.15. The first-order chi connectivity index (χ1) is 11.2. The fourth-order valence-corrected chi connectivity index (χ4v) is 3.85. The number of aliphatic hydroxyl groups excluding tert-OH is 1. The van der Waals surface area contributed by atoms with Gasteiger partial charge in [-0.25, -0.2) is 4.98 Å². The predicted octanol–water partition coefficient (Wildman–Crippen LogP) is 3.40. The largest absolute Gasteiger partial charge is 0.387 e. The van der Waals surface area contributed by atoms with Gasteiger partial charge in [0, 0.05) is 30.6 Å². The standard InChI is InChI=1S/C18H21N3OS/c1-12-4-2-3-5-14(12)16(22)11-19-10-15-17(13-6-7-13)20-18-21(15)8-9-23-18/h2-5,8-9,13,16,19,22H,6-7,10-11H2,1H3. The highest BCUT2D eigenvalue weighted by Crippen LogP contribution is 2.41. The van der Waals surface area contributed by atoms with Gasteiger partial charge >= 0.3 is 0 Å². The molecule has 4 rings (SSSR count). The third-order valence-corrected chi connectivity index (χ3v) is 5.29. The minimum absolute atomic E-state index is 0.480. The van der Waals surface area contributed by atoms with E-state index in [1.165, 1.54) is 24.2 Å². The van der Waals surface area contributed by atoms with Gasteiger partial charge in [0.1, 0.15) is 0 Å². The highest BCUT2D eigenvalue weighted by Gasteiger charge is 2.30. The lowest BCUT2D eigenvalue weighted by Crippen LogP contribution is -2.22. The molecule has 1 aromatic carbocycles. The molecule has 2 aromatic heterocycles. The molecule has 0 radical (unpaired) electrons. The van der Waals surface area contributed by atoms with Gasteiger partial charge in [0.15, 0.2) is 4.96 Å². The van der Waals surface area contributed by atoms with E-state index in [2.05, 4.69) is 21.3 Å². The summed E-state index contributed by atoms with van der Waals surface area (Å²) in [7, 11) is 0. The van der Waals surface area contributed by atoms with Gasteiger partial charge in [0.25, 0.3) is 0 Å². The van der Waals surface area contributed by atoms with Gasteiger partial charge in [-0.2, -0.15) is 0 Å². The van der Waals surface area contributed by atoms with Crippen LogP contribution in [0.4, 0.5) is 0 Å². The molecular weight excluding hydrogens is 306 g/mol. The number of thiazole rings is 1. The second-order valence-electron chi connectivity index (χ2n) is 6.28. The van der Waals surface area contributed by atoms with Crippen molar-refractivity contribution in [2.45, 2.75) is 38.3 Å². The molecule has 120 valence electrons. The van der Waals surface area contributed by atoms with Crippen molar-refractivity contribution in [2.75, 3.05) is 6.54 Å². The zero-order valence-electron chi connectivity index (χ0n) is 13.2. The first-order valence-electron chi connectivity index (χ1n) is 8.12. The first-order valence-corrected chi connectivity index (χ1v) is 9.00. The number of nitrogens with one attached hydrogen (secondary N) is 1. The lowest BCUT2D eigenvalue weighted by atomic mass is 10.0. The third kappa shape index (κ3) is 2.92. The summed E-state index contributed by atoms with van der Waals surface area (Å²) < 4.78 is 2.19. The van der Waals surface area contributed by atoms with E-state index in [1.54, 1.807) is 11.3 Å². The van der Waals surface area contributed by atoms with Crippen molar-refractivity contribution in [3.8, 4) is 0 Å². The third-order valence-electron chi connectivity index (χ3n) is 4.53. The molecule has 1 saturated carbocycles. The van der Waals surface area contributed by atoms with Crippen LogP contribution >= 0.6 is 11.3 Å². The maximum Gasteiger partial charge on any atom is 0.194 e. The Bertz CT molecular complexity index is 819.